The van der Waals surface area contributed by atoms with Gasteiger partial charge < -0.3 is 115 Å². The van der Waals surface area contributed by atoms with E-state index in [0.29, 0.717) is 44.6 Å². The topological polar surface area (TPSA) is 685 Å². The molecule has 0 aliphatic carbocycles. The Labute approximate surface area is 696 Å². The van der Waals surface area contributed by atoms with Crippen molar-refractivity contribution in [3.8, 4) is 0 Å². The molecule has 6 amide bonds. The fourth-order valence-electron chi connectivity index (χ4n) is 11.2. The summed E-state index contributed by atoms with van der Waals surface area (Å²) in [6, 6.07) is -4.44. The molecule has 0 aromatic carbocycles. The number of nitrogens with zero attached hydrogens (tertiary/aromatic N) is 4. The molecule has 690 valence electrons. The molecule has 0 spiro atoms. The van der Waals surface area contributed by atoms with E-state index < -0.39 is 206 Å². The number of hydrogen-bond donors (Lipinski definition) is 15. The summed E-state index contributed by atoms with van der Waals surface area (Å²) >= 11 is 1.22. The van der Waals surface area contributed by atoms with Gasteiger partial charge in [0.1, 0.15) is 23.7 Å². The highest BCUT2D eigenvalue weighted by Gasteiger charge is 2.41. The number of phosphoric ester groups is 2. The van der Waals surface area contributed by atoms with Crippen LogP contribution in [0.5, 0.6) is 0 Å². The number of carbonyl (C=O) groups excluding carboxylic acids is 6. The van der Waals surface area contributed by atoms with Crippen LogP contribution in [-0.4, -0.2) is 397 Å². The van der Waals surface area contributed by atoms with E-state index in [1.54, 1.807) is 0 Å². The van der Waals surface area contributed by atoms with E-state index in [2.05, 4.69) is 30.3 Å². The maximum atomic E-state index is 14.2. The second-order valence-electron chi connectivity index (χ2n) is 26.7. The highest BCUT2D eigenvalue weighted by atomic mass is 32.2. The van der Waals surface area contributed by atoms with Gasteiger partial charge in [-0.2, -0.15) is 0 Å². The summed E-state index contributed by atoms with van der Waals surface area (Å²) in [4.78, 5) is 207. The van der Waals surface area contributed by atoms with E-state index in [0.717, 1.165) is 26.7 Å². The number of carbonyl (C=O) groups is 15. The summed E-state index contributed by atoms with van der Waals surface area (Å²) in [5, 5.41) is 94.5. The number of rotatable bonds is 82. The first kappa shape index (κ1) is 110. The van der Waals surface area contributed by atoms with Crippen molar-refractivity contribution >= 4 is 117 Å². The first-order chi connectivity index (χ1) is 56.9. The normalized spacial score (nSPS) is 15.2. The standard InChI is InChI=1S/C69H118N8O40P2S/c1-106-118(102,103)116-37-35-110-33-31-108-29-27-107-28-30-109-32-34-111-36-38-117-119(104,105)115-23-10-2-3-11-39-120-53-40-58(82)77(65(53)95)22-15-57(81)73-69(47-112-24-16-54(78)70-19-7-4-12-50(66(96)97)74(41-59(83)84)42-60(85)86,48-113-25-17-55(79)71-20-8-5-13-51(67(98)99)75(43-61(87)88)44-62(89)90)49-114-26-18-56(80)72-21-9-6-14-52(68(100)101)76(45-63(91)92)46-64(93)94/h50-53H,2-49H2,1H3,(H,70,78)(H,71,79)(H,72,80)(H,73,81)(H,83,84)(H,85,86)(H,87,88)(H,89,90)(H,91,92)(H,93,94)(H,96,97)(H,98,99)(H,100,101)(H,102,103)(H,104,105). The summed E-state index contributed by atoms with van der Waals surface area (Å²) in [7, 11) is -7.40. The number of unbranched alkanes of at least 4 members (excludes halogenated alkanes) is 6. The molecule has 0 bridgehead atoms. The molecule has 6 unspecified atom stereocenters. The number of nitrogens with one attached hydrogen (secondary N) is 4. The number of carboxylic acid groups (broad SMARTS) is 9. The van der Waals surface area contributed by atoms with E-state index in [-0.39, 0.29) is 196 Å². The average Bonchev–Trinajstić information content (AvgIpc) is 1.70. The lowest BCUT2D eigenvalue weighted by atomic mass is 10.0. The Morgan fingerprint density at radius 1 is 0.408 bits per heavy atom. The molecule has 1 aliphatic heterocycles. The van der Waals surface area contributed by atoms with Crippen LogP contribution >= 0.6 is 27.4 Å². The third-order valence-corrected chi connectivity index (χ3v) is 20.2. The zero-order valence-corrected chi connectivity index (χ0v) is 69.7. The largest absolute Gasteiger partial charge is 0.480 e. The monoisotopic (exact) mass is 1790 g/mol. The average molecular weight is 1790 g/mol. The first-order valence-electron chi connectivity index (χ1n) is 38.5. The Morgan fingerprint density at radius 2 is 0.725 bits per heavy atom. The Kier molecular flexibility index (Phi) is 59.9. The zero-order chi connectivity index (χ0) is 89.7. The molecule has 0 aromatic heterocycles. The van der Waals surface area contributed by atoms with Gasteiger partial charge in [-0.15, -0.1) is 11.8 Å². The summed E-state index contributed by atoms with van der Waals surface area (Å²) in [5.41, 5.74) is -1.77. The highest BCUT2D eigenvalue weighted by Crippen LogP contribution is 2.43. The Balaban J connectivity index is 3.09. The van der Waals surface area contributed by atoms with Crippen molar-refractivity contribution in [2.24, 2.45) is 0 Å². The van der Waals surface area contributed by atoms with Crippen LogP contribution in [0.4, 0.5) is 0 Å². The first-order valence-corrected chi connectivity index (χ1v) is 42.5. The van der Waals surface area contributed by atoms with E-state index in [4.69, 9.17) is 51.8 Å². The smallest absolute Gasteiger partial charge is 0.472 e. The van der Waals surface area contributed by atoms with Crippen molar-refractivity contribution in [1.29, 1.82) is 0 Å². The number of amides is 6. The SMILES string of the molecule is COP(=O)(O)OCCOCCOCCOCCOCCOCCOP(=O)(O)OCCCCCCSC1CC(=O)N(CCC(=O)NC(COCCC(=O)NCCCCC(C(=O)O)N(CC(=O)O)CC(=O)O)(COCCC(=O)NCCCCC(C(=O)O)N(CC(=O)O)CC(=O)O)COCCC(=O)NCCCCC(C(=O)O)N(CC(=O)O)CC(=O)O)C1=O. The van der Waals surface area contributed by atoms with Crippen molar-refractivity contribution in [3.05, 3.63) is 0 Å². The number of phosphoric acid groups is 2. The van der Waals surface area contributed by atoms with Gasteiger partial charge in [-0.3, -0.25) is 110 Å². The van der Waals surface area contributed by atoms with Gasteiger partial charge in [0.05, 0.1) is 170 Å². The molecule has 51 heteroatoms. The molecule has 0 aromatic rings. The minimum atomic E-state index is -4.40. The lowest BCUT2D eigenvalue weighted by molar-refractivity contribution is -0.152. The van der Waals surface area contributed by atoms with E-state index in [9.17, 15) is 132 Å². The molecule has 120 heavy (non-hydrogen) atoms. The molecule has 1 rings (SSSR count). The van der Waals surface area contributed by atoms with Crippen LogP contribution in [0, 0.1) is 0 Å². The minimum absolute atomic E-state index is 0.0163. The van der Waals surface area contributed by atoms with Crippen molar-refractivity contribution in [2.75, 3.05) is 204 Å². The van der Waals surface area contributed by atoms with Gasteiger partial charge in [-0.05, 0) is 76.4 Å². The van der Waals surface area contributed by atoms with Gasteiger partial charge in [0.25, 0.3) is 0 Å². The maximum absolute atomic E-state index is 14.2. The van der Waals surface area contributed by atoms with Gasteiger partial charge in [0.2, 0.25) is 35.4 Å². The Morgan fingerprint density at radius 3 is 1.05 bits per heavy atom. The van der Waals surface area contributed by atoms with Crippen molar-refractivity contribution in [1.82, 2.24) is 40.9 Å². The molecule has 48 nitrogen and oxygen atoms in total. The van der Waals surface area contributed by atoms with Gasteiger partial charge >= 0.3 is 69.4 Å². The third-order valence-electron chi connectivity index (χ3n) is 16.9. The number of carboxylic acids is 9. The molecular formula is C69H118N8O40P2S. The Bertz CT molecular complexity index is 2990. The van der Waals surface area contributed by atoms with Crippen LogP contribution in [0.2, 0.25) is 0 Å². The predicted octanol–water partition coefficient (Wildman–Crippen LogP) is -1.51. The molecule has 1 aliphatic rings. The van der Waals surface area contributed by atoms with Crippen molar-refractivity contribution < 1.29 is 193 Å². The Hall–Kier alpha value is -7.62. The van der Waals surface area contributed by atoms with Crippen LogP contribution in [0.3, 0.4) is 0 Å². The van der Waals surface area contributed by atoms with Crippen molar-refractivity contribution in [2.45, 2.75) is 144 Å². The minimum Gasteiger partial charge on any atom is -0.480 e. The molecule has 1 heterocycles. The maximum Gasteiger partial charge on any atom is 0.472 e. The summed E-state index contributed by atoms with van der Waals surface area (Å²) in [5.74, 6) is -16.4. The van der Waals surface area contributed by atoms with Crippen molar-refractivity contribution in [3.63, 3.8) is 0 Å². The number of ether oxygens (including phenoxy) is 8. The second kappa shape index (κ2) is 65.1. The number of thioether (sulfide) groups is 1. The quantitative estimate of drug-likeness (QED) is 0.0187. The van der Waals surface area contributed by atoms with Gasteiger partial charge in [0, 0.05) is 65.4 Å². The van der Waals surface area contributed by atoms with Crippen LogP contribution in [0.25, 0.3) is 0 Å². The summed E-state index contributed by atoms with van der Waals surface area (Å²) < 4.78 is 87.1. The lowest BCUT2D eigenvalue weighted by Gasteiger charge is -2.34. The summed E-state index contributed by atoms with van der Waals surface area (Å²) in [6.45, 7) is -6.70. The van der Waals surface area contributed by atoms with Crippen LogP contribution in [0.15, 0.2) is 0 Å². The van der Waals surface area contributed by atoms with Gasteiger partial charge in [0.15, 0.2) is 0 Å². The lowest BCUT2D eigenvalue weighted by Crippen LogP contribution is -2.59. The third kappa shape index (κ3) is 56.1. The van der Waals surface area contributed by atoms with Crippen LogP contribution in [-0.2, 0) is 137 Å². The van der Waals surface area contributed by atoms with Crippen LogP contribution in [0.1, 0.15) is 116 Å². The molecule has 6 atom stereocenters. The van der Waals surface area contributed by atoms with E-state index in [1.807, 2.05) is 0 Å². The molecule has 15 N–H and O–H groups in total. The number of aliphatic carboxylic acids is 9. The highest BCUT2D eigenvalue weighted by molar-refractivity contribution is 8.00. The van der Waals surface area contributed by atoms with Crippen LogP contribution < -0.4 is 21.3 Å². The zero-order valence-electron chi connectivity index (χ0n) is 67.1. The molecular weight excluding hydrogens is 1670 g/mol. The molecule has 1 fully saturated rings. The predicted molar refractivity (Wildman–Crippen MR) is 412 cm³/mol. The number of hydrogen-bond acceptors (Lipinski definition) is 33. The molecule has 0 saturated carbocycles. The summed E-state index contributed by atoms with van der Waals surface area (Å²) in [6.07, 6.45) is 0.744. The molecule has 1 saturated heterocycles. The fraction of sp³-hybridized carbons (Fsp3) is 0.783. The fourth-order valence-corrected chi connectivity index (χ4v) is 13.5. The van der Waals surface area contributed by atoms with E-state index >= 15 is 0 Å². The molecule has 0 radical (unpaired) electrons. The van der Waals surface area contributed by atoms with Gasteiger partial charge in [-0.1, -0.05) is 12.8 Å². The van der Waals surface area contributed by atoms with Gasteiger partial charge in [-0.25, -0.2) is 9.13 Å². The van der Waals surface area contributed by atoms with E-state index in [1.165, 1.54) is 11.8 Å². The number of likely N-dealkylation sites (tertiary alicyclic amines) is 1. The second-order valence-corrected chi connectivity index (χ2v) is 31.0. The number of imide groups is 1.